The van der Waals surface area contributed by atoms with Crippen molar-refractivity contribution in [1.82, 2.24) is 9.97 Å². The number of nitrogen functional groups attached to an aromatic ring is 1. The summed E-state index contributed by atoms with van der Waals surface area (Å²) in [7, 11) is 0. The van der Waals surface area contributed by atoms with E-state index in [0.29, 0.717) is 18.2 Å². The van der Waals surface area contributed by atoms with Crippen molar-refractivity contribution in [1.29, 1.82) is 0 Å². The van der Waals surface area contributed by atoms with Crippen LogP contribution in [-0.2, 0) is 0 Å². The van der Waals surface area contributed by atoms with Crippen molar-refractivity contribution in [2.75, 3.05) is 17.3 Å². The minimum Gasteiger partial charge on any atom is -0.364 e. The van der Waals surface area contributed by atoms with Gasteiger partial charge in [0.2, 0.25) is 11.8 Å². The Bertz CT molecular complexity index is 514. The molecular weight excluding hydrogens is 272 g/mol. The number of anilines is 2. The summed E-state index contributed by atoms with van der Waals surface area (Å²) in [6, 6.07) is 0. The zero-order chi connectivity index (χ0) is 15.4. The summed E-state index contributed by atoms with van der Waals surface area (Å²) in [6.07, 6.45) is 4.72. The molecule has 0 amide bonds. The number of nitro groups is 1. The SMILES string of the molecule is Cc1nc(NN)nc(NCC2CCC(C)CC2)c1[N+](=O)[O-]. The fourth-order valence-corrected chi connectivity index (χ4v) is 2.75. The first-order valence-corrected chi connectivity index (χ1v) is 7.24. The summed E-state index contributed by atoms with van der Waals surface area (Å²) in [5, 5.41) is 14.3. The number of hydrazine groups is 1. The molecule has 21 heavy (non-hydrogen) atoms. The molecule has 0 aromatic carbocycles. The van der Waals surface area contributed by atoms with E-state index in [1.165, 1.54) is 12.8 Å². The van der Waals surface area contributed by atoms with Crippen molar-refractivity contribution in [3.8, 4) is 0 Å². The highest BCUT2D eigenvalue weighted by atomic mass is 16.6. The highest BCUT2D eigenvalue weighted by molar-refractivity contribution is 5.60. The zero-order valence-electron chi connectivity index (χ0n) is 12.4. The minimum atomic E-state index is -0.457. The van der Waals surface area contributed by atoms with E-state index in [-0.39, 0.29) is 17.5 Å². The minimum absolute atomic E-state index is 0.0850. The van der Waals surface area contributed by atoms with Crippen molar-refractivity contribution >= 4 is 17.5 Å². The summed E-state index contributed by atoms with van der Waals surface area (Å²) in [6.45, 7) is 4.53. The van der Waals surface area contributed by atoms with Crippen LogP contribution in [0.1, 0.15) is 38.3 Å². The third-order valence-electron chi connectivity index (χ3n) is 4.06. The third kappa shape index (κ3) is 3.78. The van der Waals surface area contributed by atoms with Gasteiger partial charge in [-0.25, -0.2) is 10.8 Å². The molecule has 2 rings (SSSR count). The average molecular weight is 294 g/mol. The number of hydrogen-bond acceptors (Lipinski definition) is 7. The van der Waals surface area contributed by atoms with Gasteiger partial charge in [-0.1, -0.05) is 19.8 Å². The first-order valence-electron chi connectivity index (χ1n) is 7.24. The Hall–Kier alpha value is -1.96. The molecule has 0 spiro atoms. The zero-order valence-corrected chi connectivity index (χ0v) is 12.4. The normalized spacial score (nSPS) is 21.9. The van der Waals surface area contributed by atoms with Gasteiger partial charge < -0.3 is 5.32 Å². The van der Waals surface area contributed by atoms with Gasteiger partial charge in [0.05, 0.1) is 4.92 Å². The van der Waals surface area contributed by atoms with Gasteiger partial charge in [0.15, 0.2) is 0 Å². The lowest BCUT2D eigenvalue weighted by molar-refractivity contribution is -0.385. The van der Waals surface area contributed by atoms with Crippen molar-refractivity contribution in [3.05, 3.63) is 15.8 Å². The maximum absolute atomic E-state index is 11.2. The van der Waals surface area contributed by atoms with Crippen LogP contribution in [-0.4, -0.2) is 21.4 Å². The fourth-order valence-electron chi connectivity index (χ4n) is 2.75. The van der Waals surface area contributed by atoms with Gasteiger partial charge >= 0.3 is 5.69 Å². The molecule has 8 nitrogen and oxygen atoms in total. The summed E-state index contributed by atoms with van der Waals surface area (Å²) in [4.78, 5) is 18.7. The number of nitrogens with zero attached hydrogens (tertiary/aromatic N) is 3. The molecule has 1 aromatic heterocycles. The van der Waals surface area contributed by atoms with Crippen LogP contribution in [0.4, 0.5) is 17.5 Å². The van der Waals surface area contributed by atoms with E-state index in [2.05, 4.69) is 27.6 Å². The lowest BCUT2D eigenvalue weighted by Gasteiger charge is -2.26. The monoisotopic (exact) mass is 294 g/mol. The van der Waals surface area contributed by atoms with Crippen LogP contribution >= 0.6 is 0 Å². The summed E-state index contributed by atoms with van der Waals surface area (Å²) < 4.78 is 0. The number of aromatic nitrogens is 2. The predicted octanol–water partition coefficient (Wildman–Crippen LogP) is 2.22. The molecular formula is C13H22N6O2. The highest BCUT2D eigenvalue weighted by Gasteiger charge is 2.24. The van der Waals surface area contributed by atoms with E-state index in [1.54, 1.807) is 6.92 Å². The summed E-state index contributed by atoms with van der Waals surface area (Å²) in [5.41, 5.74) is 2.54. The van der Waals surface area contributed by atoms with Crippen molar-refractivity contribution in [2.24, 2.45) is 17.7 Å². The van der Waals surface area contributed by atoms with Crippen LogP contribution < -0.4 is 16.6 Å². The van der Waals surface area contributed by atoms with Crippen LogP contribution in [0.5, 0.6) is 0 Å². The molecule has 1 saturated carbocycles. The molecule has 1 fully saturated rings. The molecule has 116 valence electrons. The number of nitrogens with two attached hydrogens (primary N) is 1. The fraction of sp³-hybridized carbons (Fsp3) is 0.692. The van der Waals surface area contributed by atoms with Crippen LogP contribution in [0.15, 0.2) is 0 Å². The number of nitrogens with one attached hydrogen (secondary N) is 2. The standard InChI is InChI=1S/C13H22N6O2/c1-8-3-5-10(6-4-8)7-15-12-11(19(20)21)9(2)16-13(17-12)18-14/h8,10H,3-7,14H2,1-2H3,(H2,15,16,17,18). The molecule has 1 heterocycles. The molecule has 0 atom stereocenters. The van der Waals surface area contributed by atoms with Gasteiger partial charge in [0.25, 0.3) is 0 Å². The molecule has 1 aliphatic carbocycles. The number of aryl methyl sites for hydroxylation is 1. The smallest absolute Gasteiger partial charge is 0.332 e. The Morgan fingerprint density at radius 1 is 1.33 bits per heavy atom. The number of hydrogen-bond donors (Lipinski definition) is 3. The molecule has 0 saturated heterocycles. The second-order valence-corrected chi connectivity index (χ2v) is 5.74. The van der Waals surface area contributed by atoms with E-state index in [1.807, 2.05) is 0 Å². The van der Waals surface area contributed by atoms with Gasteiger partial charge in [-0.05, 0) is 31.6 Å². The van der Waals surface area contributed by atoms with Gasteiger partial charge in [0, 0.05) is 6.54 Å². The second-order valence-electron chi connectivity index (χ2n) is 5.74. The maximum Gasteiger partial charge on any atom is 0.332 e. The molecule has 0 bridgehead atoms. The second kappa shape index (κ2) is 6.66. The Morgan fingerprint density at radius 2 is 2.00 bits per heavy atom. The largest absolute Gasteiger partial charge is 0.364 e. The van der Waals surface area contributed by atoms with E-state index in [4.69, 9.17) is 5.84 Å². The van der Waals surface area contributed by atoms with Gasteiger partial charge in [0.1, 0.15) is 5.69 Å². The molecule has 8 heteroatoms. The summed E-state index contributed by atoms with van der Waals surface area (Å²) in [5.74, 6) is 7.02. The van der Waals surface area contributed by atoms with Gasteiger partial charge in [-0.3, -0.25) is 15.5 Å². The highest BCUT2D eigenvalue weighted by Crippen LogP contribution is 2.30. The lowest BCUT2D eigenvalue weighted by atomic mass is 9.83. The molecule has 1 aromatic rings. The van der Waals surface area contributed by atoms with Gasteiger partial charge in [-0.15, -0.1) is 0 Å². The number of rotatable bonds is 5. The Balaban J connectivity index is 2.10. The van der Waals surface area contributed by atoms with E-state index in [9.17, 15) is 10.1 Å². The van der Waals surface area contributed by atoms with E-state index in [0.717, 1.165) is 18.8 Å². The maximum atomic E-state index is 11.2. The van der Waals surface area contributed by atoms with Crippen LogP contribution in [0, 0.1) is 28.9 Å². The molecule has 4 N–H and O–H groups in total. The van der Waals surface area contributed by atoms with E-state index < -0.39 is 4.92 Å². The Kier molecular flexibility index (Phi) is 4.89. The molecule has 0 unspecified atom stereocenters. The Morgan fingerprint density at radius 3 is 2.57 bits per heavy atom. The van der Waals surface area contributed by atoms with Crippen LogP contribution in [0.25, 0.3) is 0 Å². The lowest BCUT2D eigenvalue weighted by Crippen LogP contribution is -2.22. The van der Waals surface area contributed by atoms with Crippen LogP contribution in [0.3, 0.4) is 0 Å². The predicted molar refractivity (Wildman–Crippen MR) is 80.8 cm³/mol. The van der Waals surface area contributed by atoms with Crippen molar-refractivity contribution in [3.63, 3.8) is 0 Å². The van der Waals surface area contributed by atoms with Crippen molar-refractivity contribution in [2.45, 2.75) is 39.5 Å². The first-order chi connectivity index (χ1) is 10.0. The van der Waals surface area contributed by atoms with Crippen molar-refractivity contribution < 1.29 is 4.92 Å². The molecule has 0 radical (unpaired) electrons. The third-order valence-corrected chi connectivity index (χ3v) is 4.06. The molecule has 1 aliphatic rings. The summed E-state index contributed by atoms with van der Waals surface area (Å²) >= 11 is 0. The molecule has 0 aliphatic heterocycles. The van der Waals surface area contributed by atoms with Gasteiger partial charge in [-0.2, -0.15) is 4.98 Å². The topological polar surface area (TPSA) is 119 Å². The average Bonchev–Trinajstić information content (AvgIpc) is 2.45. The first kappa shape index (κ1) is 15.4. The Labute approximate surface area is 123 Å². The quantitative estimate of drug-likeness (QED) is 0.432. The van der Waals surface area contributed by atoms with E-state index >= 15 is 0 Å². The van der Waals surface area contributed by atoms with Crippen LogP contribution in [0.2, 0.25) is 0 Å².